The molecule has 19 heavy (non-hydrogen) atoms. The number of rotatable bonds is 3. The largest absolute Gasteiger partial charge is 0.375 e. The van der Waals surface area contributed by atoms with Gasteiger partial charge in [0.25, 0.3) is 0 Å². The number of nitrogens with one attached hydrogen (secondary N) is 1. The molecule has 3 rings (SSSR count). The van der Waals surface area contributed by atoms with E-state index in [1.807, 2.05) is 0 Å². The van der Waals surface area contributed by atoms with Crippen molar-refractivity contribution in [1.82, 2.24) is 10.2 Å². The molecule has 1 spiro atoms. The molecule has 3 fully saturated rings. The quantitative estimate of drug-likeness (QED) is 0.849. The maximum atomic E-state index is 6.25. The third-order valence-corrected chi connectivity index (χ3v) is 5.57. The molecule has 0 aromatic rings. The second-order valence-electron chi connectivity index (χ2n) is 6.72. The van der Waals surface area contributed by atoms with Crippen LogP contribution in [0.3, 0.4) is 0 Å². The van der Waals surface area contributed by atoms with Crippen molar-refractivity contribution in [2.45, 2.75) is 76.0 Å². The molecular weight excluding hydrogens is 236 g/mol. The zero-order valence-corrected chi connectivity index (χ0v) is 12.5. The van der Waals surface area contributed by atoms with Gasteiger partial charge in [0.2, 0.25) is 0 Å². The minimum atomic E-state index is 0.251. The van der Waals surface area contributed by atoms with Crippen molar-refractivity contribution in [3.63, 3.8) is 0 Å². The number of hydrogen-bond acceptors (Lipinski definition) is 3. The predicted octanol–water partition coefficient (Wildman–Crippen LogP) is 2.55. The van der Waals surface area contributed by atoms with Crippen molar-refractivity contribution in [1.29, 1.82) is 0 Å². The highest BCUT2D eigenvalue weighted by atomic mass is 16.5. The molecule has 0 aromatic carbocycles. The third kappa shape index (κ3) is 2.98. The first-order valence-electron chi connectivity index (χ1n) is 8.43. The fourth-order valence-electron chi connectivity index (χ4n) is 4.57. The van der Waals surface area contributed by atoms with Crippen molar-refractivity contribution in [3.8, 4) is 0 Å². The first kappa shape index (κ1) is 13.8. The lowest BCUT2D eigenvalue weighted by atomic mass is 9.77. The van der Waals surface area contributed by atoms with Crippen LogP contribution in [0, 0.1) is 0 Å². The zero-order valence-electron chi connectivity index (χ0n) is 12.5. The van der Waals surface area contributed by atoms with Crippen LogP contribution in [0.4, 0.5) is 0 Å². The Bertz CT molecular complexity index is 277. The maximum absolute atomic E-state index is 6.25. The molecular formula is C16H30N2O. The molecule has 3 aliphatic rings. The van der Waals surface area contributed by atoms with Crippen LogP contribution < -0.4 is 5.32 Å². The molecule has 2 unspecified atom stereocenters. The summed E-state index contributed by atoms with van der Waals surface area (Å²) in [6, 6.07) is 1.54. The van der Waals surface area contributed by atoms with Crippen molar-refractivity contribution >= 4 is 0 Å². The Morgan fingerprint density at radius 3 is 2.68 bits per heavy atom. The topological polar surface area (TPSA) is 24.5 Å². The summed E-state index contributed by atoms with van der Waals surface area (Å²) in [5.41, 5.74) is 0.251. The molecule has 1 N–H and O–H groups in total. The van der Waals surface area contributed by atoms with Crippen molar-refractivity contribution in [2.24, 2.45) is 0 Å². The molecule has 0 bridgehead atoms. The monoisotopic (exact) mass is 266 g/mol. The van der Waals surface area contributed by atoms with Crippen LogP contribution in [-0.2, 0) is 4.74 Å². The number of likely N-dealkylation sites (N-methyl/N-ethyl adjacent to an activating group) is 1. The van der Waals surface area contributed by atoms with E-state index < -0.39 is 0 Å². The van der Waals surface area contributed by atoms with E-state index in [9.17, 15) is 0 Å². The zero-order chi connectivity index (χ0) is 13.1. The lowest BCUT2D eigenvalue weighted by Gasteiger charge is -2.47. The second kappa shape index (κ2) is 6.11. The Balaban J connectivity index is 1.65. The Labute approximate surface area is 118 Å². The molecule has 0 amide bonds. The summed E-state index contributed by atoms with van der Waals surface area (Å²) in [6.45, 7) is 6.92. The van der Waals surface area contributed by atoms with E-state index in [1.165, 1.54) is 71.0 Å². The SMILES string of the molecule is CCN(C1CCNC1)C1CCOC2(CCCCC2)C1. The minimum absolute atomic E-state index is 0.251. The van der Waals surface area contributed by atoms with Crippen LogP contribution in [0.15, 0.2) is 0 Å². The van der Waals surface area contributed by atoms with Gasteiger partial charge in [-0.15, -0.1) is 0 Å². The normalized spacial score (nSPS) is 35.1. The molecule has 1 aliphatic carbocycles. The van der Waals surface area contributed by atoms with Gasteiger partial charge in [0.15, 0.2) is 0 Å². The fraction of sp³-hybridized carbons (Fsp3) is 1.00. The van der Waals surface area contributed by atoms with Crippen LogP contribution in [0.25, 0.3) is 0 Å². The van der Waals surface area contributed by atoms with Gasteiger partial charge in [-0.1, -0.05) is 26.2 Å². The maximum Gasteiger partial charge on any atom is 0.0697 e. The van der Waals surface area contributed by atoms with Gasteiger partial charge in [-0.3, -0.25) is 4.90 Å². The van der Waals surface area contributed by atoms with Crippen LogP contribution in [0.5, 0.6) is 0 Å². The van der Waals surface area contributed by atoms with Gasteiger partial charge < -0.3 is 10.1 Å². The van der Waals surface area contributed by atoms with E-state index in [2.05, 4.69) is 17.1 Å². The van der Waals surface area contributed by atoms with Gasteiger partial charge in [0.1, 0.15) is 0 Å². The van der Waals surface area contributed by atoms with Gasteiger partial charge in [-0.05, 0) is 45.2 Å². The van der Waals surface area contributed by atoms with Crippen LogP contribution >= 0.6 is 0 Å². The fourth-order valence-corrected chi connectivity index (χ4v) is 4.57. The summed E-state index contributed by atoms with van der Waals surface area (Å²) in [5, 5.41) is 3.52. The summed E-state index contributed by atoms with van der Waals surface area (Å²) in [5.74, 6) is 0. The standard InChI is InChI=1S/C16H30N2O/c1-2-18(15-6-10-17-13-15)14-7-11-19-16(12-14)8-4-3-5-9-16/h14-15,17H,2-13H2,1H3. The molecule has 3 heteroatoms. The smallest absolute Gasteiger partial charge is 0.0697 e. The van der Waals surface area contributed by atoms with E-state index in [0.717, 1.165) is 18.7 Å². The Morgan fingerprint density at radius 1 is 1.16 bits per heavy atom. The van der Waals surface area contributed by atoms with Crippen molar-refractivity contribution < 1.29 is 4.74 Å². The van der Waals surface area contributed by atoms with Crippen LogP contribution in [-0.4, -0.2) is 48.8 Å². The Kier molecular flexibility index (Phi) is 4.45. The van der Waals surface area contributed by atoms with E-state index in [4.69, 9.17) is 4.74 Å². The van der Waals surface area contributed by atoms with E-state index >= 15 is 0 Å². The Morgan fingerprint density at radius 2 is 2.00 bits per heavy atom. The average molecular weight is 266 g/mol. The van der Waals surface area contributed by atoms with E-state index in [1.54, 1.807) is 0 Å². The molecule has 2 atom stereocenters. The lowest BCUT2D eigenvalue weighted by molar-refractivity contribution is -0.127. The predicted molar refractivity (Wildman–Crippen MR) is 78.4 cm³/mol. The molecule has 1 saturated carbocycles. The second-order valence-corrected chi connectivity index (χ2v) is 6.72. The summed E-state index contributed by atoms with van der Waals surface area (Å²) < 4.78 is 6.25. The molecule has 0 aromatic heterocycles. The minimum Gasteiger partial charge on any atom is -0.375 e. The van der Waals surface area contributed by atoms with Crippen LogP contribution in [0.2, 0.25) is 0 Å². The van der Waals surface area contributed by atoms with E-state index in [0.29, 0.717) is 0 Å². The average Bonchev–Trinajstić information content (AvgIpc) is 2.95. The number of ether oxygens (including phenoxy) is 1. The van der Waals surface area contributed by atoms with Gasteiger partial charge in [0.05, 0.1) is 5.60 Å². The molecule has 0 radical (unpaired) electrons. The highest BCUT2D eigenvalue weighted by Crippen LogP contribution is 2.40. The summed E-state index contributed by atoms with van der Waals surface area (Å²) in [4.78, 5) is 2.78. The van der Waals surface area contributed by atoms with Gasteiger partial charge in [-0.25, -0.2) is 0 Å². The summed E-state index contributed by atoms with van der Waals surface area (Å²) >= 11 is 0. The van der Waals surface area contributed by atoms with Gasteiger partial charge in [-0.2, -0.15) is 0 Å². The van der Waals surface area contributed by atoms with Gasteiger partial charge >= 0.3 is 0 Å². The molecule has 110 valence electrons. The highest BCUT2D eigenvalue weighted by molar-refractivity contribution is 4.95. The number of nitrogens with zero attached hydrogens (tertiary/aromatic N) is 1. The number of hydrogen-bond donors (Lipinski definition) is 1. The van der Waals surface area contributed by atoms with Crippen molar-refractivity contribution in [3.05, 3.63) is 0 Å². The third-order valence-electron chi connectivity index (χ3n) is 5.57. The van der Waals surface area contributed by atoms with Gasteiger partial charge in [0, 0.05) is 25.2 Å². The lowest BCUT2D eigenvalue weighted by Crippen LogP contribution is -2.52. The highest BCUT2D eigenvalue weighted by Gasteiger charge is 2.41. The molecule has 3 nitrogen and oxygen atoms in total. The first-order chi connectivity index (χ1) is 9.33. The molecule has 2 heterocycles. The molecule has 2 aliphatic heterocycles. The van der Waals surface area contributed by atoms with Crippen molar-refractivity contribution in [2.75, 3.05) is 26.2 Å². The summed E-state index contributed by atoms with van der Waals surface area (Å²) in [6.07, 6.45) is 10.7. The van der Waals surface area contributed by atoms with Crippen LogP contribution in [0.1, 0.15) is 58.3 Å². The first-order valence-corrected chi connectivity index (χ1v) is 8.43. The molecule has 2 saturated heterocycles. The Hall–Kier alpha value is -0.120. The summed E-state index contributed by atoms with van der Waals surface area (Å²) in [7, 11) is 0. The van der Waals surface area contributed by atoms with E-state index in [-0.39, 0.29) is 5.60 Å².